The third-order valence-electron chi connectivity index (χ3n) is 7.25. The Morgan fingerprint density at radius 2 is 1.83 bits per heavy atom. The molecule has 0 aliphatic carbocycles. The highest BCUT2D eigenvalue weighted by Crippen LogP contribution is 2.47. The van der Waals surface area contributed by atoms with Crippen molar-refractivity contribution in [1.29, 1.82) is 0 Å². The lowest BCUT2D eigenvalue weighted by Crippen LogP contribution is -2.44. The van der Waals surface area contributed by atoms with E-state index in [4.69, 9.17) is 42.8 Å². The molecule has 1 saturated heterocycles. The molecule has 5 rings (SSSR count). The van der Waals surface area contributed by atoms with Crippen LogP contribution < -0.4 is 20.1 Å². The van der Waals surface area contributed by atoms with Crippen molar-refractivity contribution in [3.05, 3.63) is 46.9 Å². The summed E-state index contributed by atoms with van der Waals surface area (Å²) in [4.78, 5) is 28.0. The SMILES string of the molecule is C=CC(=O)NC1CCN(CCCc2nc3c(-c4c(Cl)c(OC)cc(OC)c4Cl)cc4cnc(NC)nc4n3n2)CC1. The summed E-state index contributed by atoms with van der Waals surface area (Å²) >= 11 is 13.6. The van der Waals surface area contributed by atoms with E-state index in [2.05, 4.69) is 32.1 Å². The number of carbonyl (C=O) groups is 1. The first kappa shape index (κ1) is 28.8. The molecule has 0 bridgehead atoms. The Morgan fingerprint density at radius 1 is 1.12 bits per heavy atom. The minimum atomic E-state index is -0.115. The number of rotatable bonds is 10. The number of pyridine rings is 1. The van der Waals surface area contributed by atoms with Gasteiger partial charge < -0.3 is 25.0 Å². The summed E-state index contributed by atoms with van der Waals surface area (Å²) in [6, 6.07) is 3.76. The number of methoxy groups -OCH3 is 2. The molecule has 0 radical (unpaired) electrons. The van der Waals surface area contributed by atoms with Crippen LogP contribution in [0.3, 0.4) is 0 Å². The quantitative estimate of drug-likeness (QED) is 0.256. The van der Waals surface area contributed by atoms with Gasteiger partial charge in [0.2, 0.25) is 11.9 Å². The fourth-order valence-corrected chi connectivity index (χ4v) is 5.81. The molecular formula is C28H32Cl2N8O3. The lowest BCUT2D eigenvalue weighted by Gasteiger charge is -2.32. The third-order valence-corrected chi connectivity index (χ3v) is 8.00. The summed E-state index contributed by atoms with van der Waals surface area (Å²) in [7, 11) is 4.84. The number of aryl methyl sites for hydroxylation is 1. The number of hydrogen-bond donors (Lipinski definition) is 2. The zero-order valence-electron chi connectivity index (χ0n) is 23.2. The van der Waals surface area contributed by atoms with Gasteiger partial charge in [0.05, 0.1) is 24.3 Å². The van der Waals surface area contributed by atoms with Crippen LogP contribution in [0, 0.1) is 0 Å². The van der Waals surface area contributed by atoms with Crippen molar-refractivity contribution in [2.45, 2.75) is 31.7 Å². The third kappa shape index (κ3) is 5.88. The minimum absolute atomic E-state index is 0.115. The van der Waals surface area contributed by atoms with Crippen molar-refractivity contribution in [1.82, 2.24) is 34.8 Å². The number of aromatic nitrogens is 5. The van der Waals surface area contributed by atoms with Crippen molar-refractivity contribution in [2.75, 3.05) is 46.2 Å². The second-order valence-electron chi connectivity index (χ2n) is 9.76. The molecule has 11 nitrogen and oxygen atoms in total. The van der Waals surface area contributed by atoms with Crippen LogP contribution in [0.1, 0.15) is 25.1 Å². The number of fused-ring (bicyclic) bond motifs is 3. The van der Waals surface area contributed by atoms with Gasteiger partial charge in [-0.15, -0.1) is 5.10 Å². The Balaban J connectivity index is 1.46. The molecule has 3 aromatic heterocycles. The molecule has 0 atom stereocenters. The smallest absolute Gasteiger partial charge is 0.243 e. The number of piperidine rings is 1. The first-order chi connectivity index (χ1) is 19.9. The fourth-order valence-electron chi connectivity index (χ4n) is 5.10. The topological polar surface area (TPSA) is 119 Å². The molecule has 0 spiro atoms. The Hall–Kier alpha value is -3.67. The van der Waals surface area contributed by atoms with Crippen LogP contribution in [0.25, 0.3) is 27.8 Å². The summed E-state index contributed by atoms with van der Waals surface area (Å²) in [6.45, 7) is 6.28. The van der Waals surface area contributed by atoms with Crippen LogP contribution >= 0.6 is 23.2 Å². The van der Waals surface area contributed by atoms with Gasteiger partial charge in [0.1, 0.15) is 11.5 Å². The van der Waals surface area contributed by atoms with Gasteiger partial charge in [0.25, 0.3) is 0 Å². The molecule has 216 valence electrons. The van der Waals surface area contributed by atoms with Gasteiger partial charge in [-0.05, 0) is 37.9 Å². The molecule has 2 N–H and O–H groups in total. The van der Waals surface area contributed by atoms with E-state index >= 15 is 0 Å². The van der Waals surface area contributed by atoms with Crippen molar-refractivity contribution < 1.29 is 14.3 Å². The van der Waals surface area contributed by atoms with Gasteiger partial charge in [-0.2, -0.15) is 9.50 Å². The molecule has 1 fully saturated rings. The second-order valence-corrected chi connectivity index (χ2v) is 10.5. The van der Waals surface area contributed by atoms with E-state index < -0.39 is 0 Å². The summed E-state index contributed by atoms with van der Waals surface area (Å²) in [5.74, 6) is 1.88. The van der Waals surface area contributed by atoms with E-state index in [9.17, 15) is 4.79 Å². The standard InChI is InChI=1S/C28H32Cl2N8O3/c1-5-22(39)33-17-8-11-37(12-9-17)10-6-7-21-34-27-18(23-24(29)19(40-3)14-20(41-4)25(23)30)13-16-15-32-28(31-2)35-26(16)38(27)36-21/h5,13-15,17H,1,6-12H2,2-4H3,(H,33,39)(H,31,32,35). The number of nitrogens with one attached hydrogen (secondary N) is 2. The van der Waals surface area contributed by atoms with Crippen molar-refractivity contribution >= 4 is 51.7 Å². The van der Waals surface area contributed by atoms with E-state index in [-0.39, 0.29) is 11.9 Å². The number of hydrogen-bond acceptors (Lipinski definition) is 9. The number of anilines is 1. The van der Waals surface area contributed by atoms with Gasteiger partial charge in [-0.25, -0.2) is 9.97 Å². The number of ether oxygens (including phenoxy) is 2. The lowest BCUT2D eigenvalue weighted by molar-refractivity contribution is -0.117. The van der Waals surface area contributed by atoms with E-state index in [0.29, 0.717) is 62.2 Å². The van der Waals surface area contributed by atoms with Crippen molar-refractivity contribution in [2.24, 2.45) is 0 Å². The van der Waals surface area contributed by atoms with Gasteiger partial charge in [0, 0.05) is 61.4 Å². The Kier molecular flexibility index (Phi) is 8.77. The van der Waals surface area contributed by atoms with Gasteiger partial charge >= 0.3 is 0 Å². The molecule has 13 heteroatoms. The highest BCUT2D eigenvalue weighted by Gasteiger charge is 2.24. The van der Waals surface area contributed by atoms with E-state index in [1.165, 1.54) is 20.3 Å². The number of halogens is 2. The monoisotopic (exact) mass is 598 g/mol. The first-order valence-electron chi connectivity index (χ1n) is 13.4. The predicted molar refractivity (Wildman–Crippen MR) is 160 cm³/mol. The zero-order valence-corrected chi connectivity index (χ0v) is 24.7. The Bertz CT molecular complexity index is 1570. The normalized spacial score (nSPS) is 14.4. The average molecular weight is 600 g/mol. The Labute approximate surface area is 247 Å². The highest BCUT2D eigenvalue weighted by atomic mass is 35.5. The summed E-state index contributed by atoms with van der Waals surface area (Å²) < 4.78 is 12.7. The fraction of sp³-hybridized carbons (Fsp3) is 0.393. The molecule has 4 aromatic rings. The summed E-state index contributed by atoms with van der Waals surface area (Å²) in [5, 5.41) is 12.2. The molecule has 4 heterocycles. The maximum absolute atomic E-state index is 11.6. The molecule has 1 amide bonds. The highest BCUT2D eigenvalue weighted by molar-refractivity contribution is 6.41. The van der Waals surface area contributed by atoms with Crippen molar-refractivity contribution in [3.63, 3.8) is 0 Å². The number of carbonyl (C=O) groups excluding carboxylic acids is 1. The first-order valence-corrected chi connectivity index (χ1v) is 14.1. The van der Waals surface area contributed by atoms with Gasteiger partial charge in [-0.3, -0.25) is 4.79 Å². The largest absolute Gasteiger partial charge is 0.495 e. The molecule has 1 aliphatic heterocycles. The number of likely N-dealkylation sites (tertiary alicyclic amines) is 1. The molecule has 0 unspecified atom stereocenters. The van der Waals surface area contributed by atoms with Crippen LogP contribution in [0.2, 0.25) is 10.0 Å². The average Bonchev–Trinajstić information content (AvgIpc) is 3.42. The molecule has 1 aromatic carbocycles. The van der Waals surface area contributed by atoms with Crippen LogP contribution in [0.5, 0.6) is 11.5 Å². The molecule has 1 aliphatic rings. The molecular weight excluding hydrogens is 567 g/mol. The van der Waals surface area contributed by atoms with Crippen LogP contribution in [0.4, 0.5) is 5.95 Å². The second kappa shape index (κ2) is 12.5. The van der Waals surface area contributed by atoms with E-state index in [1.807, 2.05) is 6.07 Å². The van der Waals surface area contributed by atoms with E-state index in [1.54, 1.807) is 23.8 Å². The van der Waals surface area contributed by atoms with Crippen LogP contribution in [-0.2, 0) is 11.2 Å². The van der Waals surface area contributed by atoms with E-state index in [0.717, 1.165) is 44.3 Å². The number of nitrogens with zero attached hydrogens (tertiary/aromatic N) is 6. The number of amides is 1. The Morgan fingerprint density at radius 3 is 2.46 bits per heavy atom. The molecule has 41 heavy (non-hydrogen) atoms. The zero-order chi connectivity index (χ0) is 29.1. The number of benzene rings is 1. The van der Waals surface area contributed by atoms with Gasteiger partial charge in [0.15, 0.2) is 17.1 Å². The maximum atomic E-state index is 11.6. The summed E-state index contributed by atoms with van der Waals surface area (Å²) in [5.41, 5.74) is 2.35. The summed E-state index contributed by atoms with van der Waals surface area (Å²) in [6.07, 6.45) is 6.42. The molecule has 0 saturated carbocycles. The predicted octanol–water partition coefficient (Wildman–Crippen LogP) is 4.40. The lowest BCUT2D eigenvalue weighted by atomic mass is 10.0. The maximum Gasteiger partial charge on any atom is 0.243 e. The van der Waals surface area contributed by atoms with Crippen LogP contribution in [-0.4, -0.2) is 82.3 Å². The van der Waals surface area contributed by atoms with Gasteiger partial charge in [-0.1, -0.05) is 29.8 Å². The van der Waals surface area contributed by atoms with Crippen LogP contribution in [0.15, 0.2) is 31.0 Å². The minimum Gasteiger partial charge on any atom is -0.495 e. The van der Waals surface area contributed by atoms with Crippen molar-refractivity contribution in [3.8, 4) is 22.6 Å².